The van der Waals surface area contributed by atoms with Crippen LogP contribution in [0.25, 0.3) is 49.3 Å². The summed E-state index contributed by atoms with van der Waals surface area (Å²) >= 11 is 0. The largest absolute Gasteiger partial charge is 0.278 e. The molecular formula is C20H10N4O2. The third-order valence-corrected chi connectivity index (χ3v) is 5.04. The standard InChI is InChI=1S/C20H10N4O2/c25-10-23-9-21-14-7-15-17(8-16(14)23)24-19(22-15)12-5-1-3-11-4-2-6-13(18(11)12)20(24)26/h1-10H. The van der Waals surface area contributed by atoms with Gasteiger partial charge in [0.1, 0.15) is 12.0 Å². The number of nitrogens with zero attached hydrogens (tertiary/aromatic N) is 4. The first kappa shape index (κ1) is 13.5. The molecule has 0 bridgehead atoms. The molecule has 26 heavy (non-hydrogen) atoms. The van der Waals surface area contributed by atoms with E-state index in [1.807, 2.05) is 42.5 Å². The van der Waals surface area contributed by atoms with Crippen molar-refractivity contribution in [1.29, 1.82) is 0 Å². The number of hydrogen-bond acceptors (Lipinski definition) is 4. The van der Waals surface area contributed by atoms with Gasteiger partial charge in [-0.15, -0.1) is 0 Å². The smallest absolute Gasteiger partial charge is 0.264 e. The van der Waals surface area contributed by atoms with Crippen LogP contribution in [0.5, 0.6) is 0 Å². The maximum atomic E-state index is 13.2. The second-order valence-corrected chi connectivity index (χ2v) is 6.37. The molecule has 3 aromatic heterocycles. The van der Waals surface area contributed by atoms with Crippen LogP contribution in [0, 0.1) is 0 Å². The molecule has 6 heteroatoms. The van der Waals surface area contributed by atoms with Crippen LogP contribution in [0.3, 0.4) is 0 Å². The van der Waals surface area contributed by atoms with E-state index in [0.717, 1.165) is 16.2 Å². The van der Waals surface area contributed by atoms with Gasteiger partial charge in [-0.05, 0) is 23.6 Å². The number of carbonyl (C=O) groups is 1. The number of aromatic nitrogens is 4. The summed E-state index contributed by atoms with van der Waals surface area (Å²) in [6.45, 7) is 0. The normalized spacial score (nSPS) is 12.2. The van der Waals surface area contributed by atoms with Crippen molar-refractivity contribution in [2.24, 2.45) is 0 Å². The predicted octanol–water partition coefficient (Wildman–Crippen LogP) is 2.98. The van der Waals surface area contributed by atoms with E-state index in [9.17, 15) is 9.59 Å². The molecular weight excluding hydrogens is 328 g/mol. The van der Waals surface area contributed by atoms with E-state index in [4.69, 9.17) is 4.98 Å². The Morgan fingerprint density at radius 3 is 2.54 bits per heavy atom. The Bertz CT molecular complexity index is 1570. The molecule has 6 nitrogen and oxygen atoms in total. The van der Waals surface area contributed by atoms with Crippen LogP contribution in [-0.4, -0.2) is 25.3 Å². The van der Waals surface area contributed by atoms with Crippen LogP contribution in [-0.2, 0) is 4.79 Å². The fourth-order valence-corrected chi connectivity index (χ4v) is 3.89. The number of hydrogen-bond donors (Lipinski definition) is 0. The second-order valence-electron chi connectivity index (χ2n) is 6.37. The van der Waals surface area contributed by atoms with E-state index in [0.29, 0.717) is 39.5 Å². The van der Waals surface area contributed by atoms with Gasteiger partial charge in [-0.3, -0.25) is 18.6 Å². The molecule has 0 saturated heterocycles. The van der Waals surface area contributed by atoms with Crippen LogP contribution < -0.4 is 5.56 Å². The van der Waals surface area contributed by atoms with Crippen LogP contribution in [0.2, 0.25) is 0 Å². The van der Waals surface area contributed by atoms with Gasteiger partial charge in [-0.25, -0.2) is 9.97 Å². The molecule has 0 N–H and O–H groups in total. The highest BCUT2D eigenvalue weighted by atomic mass is 16.1. The first-order valence-electron chi connectivity index (χ1n) is 8.17. The van der Waals surface area contributed by atoms with Crippen LogP contribution in [0.4, 0.5) is 0 Å². The quantitative estimate of drug-likeness (QED) is 0.432. The first-order chi connectivity index (χ1) is 12.8. The summed E-state index contributed by atoms with van der Waals surface area (Å²) in [7, 11) is 0. The Hall–Kier alpha value is -3.80. The highest BCUT2D eigenvalue weighted by molar-refractivity contribution is 6.15. The molecule has 3 aromatic carbocycles. The van der Waals surface area contributed by atoms with E-state index in [-0.39, 0.29) is 5.56 Å². The fraction of sp³-hybridized carbons (Fsp3) is 0. The van der Waals surface area contributed by atoms with Crippen molar-refractivity contribution in [2.45, 2.75) is 0 Å². The zero-order valence-electron chi connectivity index (χ0n) is 13.4. The lowest BCUT2D eigenvalue weighted by molar-refractivity contribution is 0.548. The maximum absolute atomic E-state index is 13.2. The Labute approximate surface area is 145 Å². The second kappa shape index (κ2) is 4.43. The lowest BCUT2D eigenvalue weighted by atomic mass is 10.0. The first-order valence-corrected chi connectivity index (χ1v) is 8.17. The number of imidazole rings is 2. The minimum atomic E-state index is -0.108. The van der Waals surface area contributed by atoms with Gasteiger partial charge in [0.25, 0.3) is 5.56 Å². The summed E-state index contributed by atoms with van der Waals surface area (Å²) < 4.78 is 3.03. The molecule has 0 spiro atoms. The molecule has 122 valence electrons. The molecule has 0 aliphatic carbocycles. The minimum Gasteiger partial charge on any atom is -0.278 e. The summed E-state index contributed by atoms with van der Waals surface area (Å²) in [5, 5.41) is 3.55. The molecule has 0 fully saturated rings. The molecule has 0 radical (unpaired) electrons. The lowest BCUT2D eigenvalue weighted by Crippen LogP contribution is -2.13. The van der Waals surface area contributed by atoms with Gasteiger partial charge in [0.2, 0.25) is 6.41 Å². The summed E-state index contributed by atoms with van der Waals surface area (Å²) in [5.74, 6) is 0. The van der Waals surface area contributed by atoms with Crippen LogP contribution in [0.15, 0.2) is 59.7 Å². The number of rotatable bonds is 1. The van der Waals surface area contributed by atoms with E-state index in [2.05, 4.69) is 4.98 Å². The molecule has 0 aliphatic rings. The van der Waals surface area contributed by atoms with E-state index >= 15 is 0 Å². The van der Waals surface area contributed by atoms with Gasteiger partial charge in [-0.1, -0.05) is 30.3 Å². The van der Waals surface area contributed by atoms with Gasteiger partial charge < -0.3 is 0 Å². The third-order valence-electron chi connectivity index (χ3n) is 5.04. The number of pyridine rings is 1. The van der Waals surface area contributed by atoms with Crippen molar-refractivity contribution in [3.8, 4) is 0 Å². The highest BCUT2D eigenvalue weighted by Crippen LogP contribution is 2.30. The molecule has 3 heterocycles. The minimum absolute atomic E-state index is 0.108. The number of fused-ring (bicyclic) bond motifs is 5. The van der Waals surface area contributed by atoms with Crippen molar-refractivity contribution in [3.63, 3.8) is 0 Å². The summed E-state index contributed by atoms with van der Waals surface area (Å²) in [6, 6.07) is 15.3. The Morgan fingerprint density at radius 2 is 1.73 bits per heavy atom. The summed E-state index contributed by atoms with van der Waals surface area (Å²) in [6.07, 6.45) is 2.16. The zero-order valence-corrected chi connectivity index (χ0v) is 13.4. The predicted molar refractivity (Wildman–Crippen MR) is 101 cm³/mol. The lowest BCUT2D eigenvalue weighted by Gasteiger charge is -2.06. The summed E-state index contributed by atoms with van der Waals surface area (Å²) in [4.78, 5) is 33.4. The third kappa shape index (κ3) is 1.47. The van der Waals surface area contributed by atoms with E-state index in [1.165, 1.54) is 10.9 Å². The van der Waals surface area contributed by atoms with Crippen LogP contribution >= 0.6 is 0 Å². The monoisotopic (exact) mass is 338 g/mol. The SMILES string of the molecule is O=Cn1cnc2cc3nc4c5cccc6cccc(c(=O)n4c3cc21)c65. The number of carbonyl (C=O) groups excluding carboxylic acids is 1. The molecule has 0 aliphatic heterocycles. The zero-order chi connectivity index (χ0) is 17.4. The van der Waals surface area contributed by atoms with E-state index < -0.39 is 0 Å². The average Bonchev–Trinajstić information content (AvgIpc) is 3.24. The van der Waals surface area contributed by atoms with Gasteiger partial charge >= 0.3 is 0 Å². The van der Waals surface area contributed by atoms with E-state index in [1.54, 1.807) is 10.5 Å². The molecule has 0 unspecified atom stereocenters. The van der Waals surface area contributed by atoms with Gasteiger partial charge in [-0.2, -0.15) is 0 Å². The van der Waals surface area contributed by atoms with Crippen molar-refractivity contribution >= 4 is 55.7 Å². The van der Waals surface area contributed by atoms with Crippen molar-refractivity contribution in [3.05, 3.63) is 65.2 Å². The topological polar surface area (TPSA) is 69.3 Å². The van der Waals surface area contributed by atoms with Gasteiger partial charge in [0.15, 0.2) is 0 Å². The highest BCUT2D eigenvalue weighted by Gasteiger charge is 2.17. The Morgan fingerprint density at radius 1 is 0.923 bits per heavy atom. The maximum Gasteiger partial charge on any atom is 0.264 e. The molecule has 0 amide bonds. The van der Waals surface area contributed by atoms with Gasteiger partial charge in [0.05, 0.1) is 22.1 Å². The molecule has 6 rings (SSSR count). The fourth-order valence-electron chi connectivity index (χ4n) is 3.89. The van der Waals surface area contributed by atoms with Gasteiger partial charge in [0, 0.05) is 16.2 Å². The summed E-state index contributed by atoms with van der Waals surface area (Å²) in [5.41, 5.74) is 3.20. The Balaban J connectivity index is 1.96. The van der Waals surface area contributed by atoms with Crippen molar-refractivity contribution < 1.29 is 4.79 Å². The van der Waals surface area contributed by atoms with Crippen molar-refractivity contribution in [2.75, 3.05) is 0 Å². The molecule has 0 saturated carbocycles. The Kier molecular flexibility index (Phi) is 2.30. The van der Waals surface area contributed by atoms with Crippen molar-refractivity contribution in [1.82, 2.24) is 18.9 Å². The molecule has 6 aromatic rings. The molecule has 0 atom stereocenters. The average molecular weight is 338 g/mol. The number of benzene rings is 3. The van der Waals surface area contributed by atoms with Crippen LogP contribution in [0.1, 0.15) is 0 Å².